The van der Waals surface area contributed by atoms with Crippen molar-refractivity contribution < 1.29 is 14.3 Å². The summed E-state index contributed by atoms with van der Waals surface area (Å²) in [7, 11) is -2.29. The van der Waals surface area contributed by atoms with E-state index in [0.29, 0.717) is 6.04 Å². The Morgan fingerprint density at radius 3 is 2.54 bits per heavy atom. The van der Waals surface area contributed by atoms with Gasteiger partial charge in [-0.1, -0.05) is 43.4 Å². The molecule has 1 unspecified atom stereocenters. The number of amides is 2. The van der Waals surface area contributed by atoms with Crippen LogP contribution in [-0.4, -0.2) is 25.2 Å². The van der Waals surface area contributed by atoms with E-state index in [0.717, 1.165) is 5.56 Å². The number of ether oxygens (including phenoxy) is 1. The van der Waals surface area contributed by atoms with Gasteiger partial charge in [-0.15, -0.1) is 0 Å². The van der Waals surface area contributed by atoms with E-state index in [1.54, 1.807) is 20.0 Å². The Morgan fingerprint density at radius 2 is 2.00 bits per heavy atom. The Balaban J connectivity index is 2.62. The molecule has 1 aromatic carbocycles. The average molecular weight is 346 g/mol. The second-order valence-corrected chi connectivity index (χ2v) is 11.2. The molecule has 1 rings (SSSR count). The van der Waals surface area contributed by atoms with Crippen molar-refractivity contribution in [3.8, 4) is 6.07 Å². The van der Waals surface area contributed by atoms with Gasteiger partial charge in [0.15, 0.2) is 19.3 Å². The first-order valence-corrected chi connectivity index (χ1v) is 10.9. The highest BCUT2D eigenvalue weighted by molar-refractivity contribution is 7.04. The molecule has 0 saturated carbocycles. The van der Waals surface area contributed by atoms with Crippen LogP contribution in [0.15, 0.2) is 30.3 Å². The first-order valence-electron chi connectivity index (χ1n) is 7.69. The molecule has 129 valence electrons. The number of nitriles is 1. The lowest BCUT2D eigenvalue weighted by Crippen LogP contribution is -2.49. The number of nitrogens with one attached hydrogen (secondary N) is 1. The van der Waals surface area contributed by atoms with Crippen LogP contribution in [0.25, 0.3) is 0 Å². The van der Waals surface area contributed by atoms with Crippen LogP contribution in [0.5, 0.6) is 0 Å². The number of benzene rings is 1. The summed E-state index contributed by atoms with van der Waals surface area (Å²) < 4.78 is 5.75. The molecular weight excluding hydrogens is 322 g/mol. The Bertz CT molecular complexity index is 613. The molecule has 2 amide bonds. The van der Waals surface area contributed by atoms with Gasteiger partial charge >= 0.3 is 0 Å². The minimum Gasteiger partial charge on any atom is -0.374 e. The van der Waals surface area contributed by atoms with Gasteiger partial charge in [0.05, 0.1) is 19.1 Å². The Labute approximate surface area is 144 Å². The Morgan fingerprint density at radius 1 is 1.38 bits per heavy atom. The molecule has 3 N–H and O–H groups in total. The van der Waals surface area contributed by atoms with Crippen molar-refractivity contribution in [2.45, 2.75) is 44.8 Å². The molecule has 0 aliphatic carbocycles. The van der Waals surface area contributed by atoms with Gasteiger partial charge in [-0.3, -0.25) is 9.59 Å². The fourth-order valence-corrected chi connectivity index (χ4v) is 2.76. The maximum atomic E-state index is 12.1. The third-order valence-electron chi connectivity index (χ3n) is 3.67. The number of hydrogen-bond donors (Lipinski definition) is 2. The van der Waals surface area contributed by atoms with E-state index in [1.165, 1.54) is 6.42 Å². The Hall–Kier alpha value is -2.17. The van der Waals surface area contributed by atoms with E-state index in [-0.39, 0.29) is 24.5 Å². The standard InChI is InChI=1S/C17H24N3O3Si/c1-17(10-11-18,23-13-14-7-5-4-6-8-14)20-15(21)9-12-24(2,3)16(19)22/h4-9H,10,12-13H2,1-3H3,(H2,19,22)(H,20,21). The van der Waals surface area contributed by atoms with Crippen molar-refractivity contribution in [3.63, 3.8) is 0 Å². The summed E-state index contributed by atoms with van der Waals surface area (Å²) in [6.45, 7) is 5.54. The highest BCUT2D eigenvalue weighted by Gasteiger charge is 2.31. The van der Waals surface area contributed by atoms with Crippen molar-refractivity contribution in [2.75, 3.05) is 0 Å². The van der Waals surface area contributed by atoms with E-state index in [9.17, 15) is 9.59 Å². The molecule has 0 bridgehead atoms. The zero-order valence-electron chi connectivity index (χ0n) is 14.3. The average Bonchev–Trinajstić information content (AvgIpc) is 2.52. The van der Waals surface area contributed by atoms with E-state index < -0.39 is 13.8 Å². The molecule has 0 heterocycles. The molecule has 0 spiro atoms. The van der Waals surface area contributed by atoms with Crippen LogP contribution in [0.3, 0.4) is 0 Å². The fourth-order valence-electron chi connectivity index (χ4n) is 1.86. The Kier molecular flexibility index (Phi) is 7.13. The van der Waals surface area contributed by atoms with Gasteiger partial charge < -0.3 is 15.8 Å². The van der Waals surface area contributed by atoms with Crippen molar-refractivity contribution >= 4 is 19.5 Å². The zero-order valence-corrected chi connectivity index (χ0v) is 15.3. The largest absolute Gasteiger partial charge is 0.374 e. The van der Waals surface area contributed by atoms with Gasteiger partial charge in [0.2, 0.25) is 5.91 Å². The third kappa shape index (κ3) is 6.52. The van der Waals surface area contributed by atoms with Gasteiger partial charge in [0, 0.05) is 6.42 Å². The van der Waals surface area contributed by atoms with Crippen LogP contribution < -0.4 is 11.1 Å². The summed E-state index contributed by atoms with van der Waals surface area (Å²) in [4.78, 5) is 23.5. The van der Waals surface area contributed by atoms with Crippen molar-refractivity contribution in [3.05, 3.63) is 42.3 Å². The van der Waals surface area contributed by atoms with Gasteiger partial charge in [0.1, 0.15) is 0 Å². The van der Waals surface area contributed by atoms with Crippen molar-refractivity contribution in [2.24, 2.45) is 5.73 Å². The highest BCUT2D eigenvalue weighted by Crippen LogP contribution is 2.17. The first-order chi connectivity index (χ1) is 11.2. The molecule has 0 fully saturated rings. The summed E-state index contributed by atoms with van der Waals surface area (Å²) in [5.41, 5.74) is 4.85. The SMILES string of the molecule is CC(CC#N)(NC(=O)[CH]C[Si](C)(C)C(N)=O)OCc1ccccc1. The number of rotatable bonds is 9. The van der Waals surface area contributed by atoms with Crippen LogP contribution >= 0.6 is 0 Å². The number of carbonyl (C=O) groups is 2. The molecule has 0 aromatic heterocycles. The second-order valence-electron chi connectivity index (χ2n) is 6.49. The monoisotopic (exact) mass is 346 g/mol. The number of nitrogens with two attached hydrogens (primary N) is 1. The minimum atomic E-state index is -2.29. The zero-order chi connectivity index (χ0) is 18.2. The number of nitrogens with zero attached hydrogens (tertiary/aromatic N) is 1. The topological polar surface area (TPSA) is 105 Å². The van der Waals surface area contributed by atoms with E-state index in [4.69, 9.17) is 15.7 Å². The first kappa shape index (κ1) is 19.9. The van der Waals surface area contributed by atoms with Crippen molar-refractivity contribution in [1.29, 1.82) is 5.26 Å². The normalized spacial score (nSPS) is 13.6. The van der Waals surface area contributed by atoms with Crippen LogP contribution in [0, 0.1) is 17.8 Å². The molecule has 7 heteroatoms. The lowest BCUT2D eigenvalue weighted by Gasteiger charge is -2.29. The predicted molar refractivity (Wildman–Crippen MR) is 94.2 cm³/mol. The molecule has 0 aliphatic heterocycles. The van der Waals surface area contributed by atoms with E-state index >= 15 is 0 Å². The van der Waals surface area contributed by atoms with E-state index in [1.807, 2.05) is 36.4 Å². The quantitative estimate of drug-likeness (QED) is 0.529. The molecule has 1 aromatic rings. The molecule has 6 nitrogen and oxygen atoms in total. The van der Waals surface area contributed by atoms with Crippen LogP contribution in [-0.2, 0) is 16.1 Å². The van der Waals surface area contributed by atoms with Crippen LogP contribution in [0.4, 0.5) is 4.79 Å². The molecule has 1 radical (unpaired) electrons. The van der Waals surface area contributed by atoms with Crippen LogP contribution in [0.1, 0.15) is 18.9 Å². The van der Waals surface area contributed by atoms with Gasteiger partial charge in [-0.2, -0.15) is 5.26 Å². The van der Waals surface area contributed by atoms with Gasteiger partial charge in [-0.25, -0.2) is 0 Å². The minimum absolute atomic E-state index is 0.00997. The van der Waals surface area contributed by atoms with Crippen molar-refractivity contribution in [1.82, 2.24) is 5.32 Å². The van der Waals surface area contributed by atoms with Gasteiger partial charge in [0.25, 0.3) is 0 Å². The predicted octanol–water partition coefficient (Wildman–Crippen LogP) is 2.52. The molecule has 1 atom stereocenters. The highest BCUT2D eigenvalue weighted by atomic mass is 28.3. The summed E-state index contributed by atoms with van der Waals surface area (Å²) in [6.07, 6.45) is 1.43. The van der Waals surface area contributed by atoms with Crippen LogP contribution in [0.2, 0.25) is 19.1 Å². The smallest absolute Gasteiger partial charge is 0.225 e. The molecule has 24 heavy (non-hydrogen) atoms. The summed E-state index contributed by atoms with van der Waals surface area (Å²) in [6, 6.07) is 11.9. The second kappa shape index (κ2) is 8.62. The summed E-state index contributed by atoms with van der Waals surface area (Å²) in [5, 5.41) is 11.7. The maximum Gasteiger partial charge on any atom is 0.225 e. The number of primary amides is 1. The summed E-state index contributed by atoms with van der Waals surface area (Å²) >= 11 is 0. The third-order valence-corrected chi connectivity index (χ3v) is 6.23. The maximum absolute atomic E-state index is 12.1. The molecular formula is C17H24N3O3Si. The number of hydrogen-bond acceptors (Lipinski definition) is 4. The van der Waals surface area contributed by atoms with E-state index in [2.05, 4.69) is 5.32 Å². The lowest BCUT2D eigenvalue weighted by molar-refractivity contribution is -0.130. The van der Waals surface area contributed by atoms with Gasteiger partial charge in [-0.05, 0) is 18.5 Å². The fraction of sp³-hybridized carbons (Fsp3) is 0.412. The number of carbonyl (C=O) groups excluding carboxylic acids is 2. The summed E-state index contributed by atoms with van der Waals surface area (Å²) in [5.74, 6) is -0.373. The molecule has 0 aliphatic rings. The molecule has 0 saturated heterocycles. The lowest BCUT2D eigenvalue weighted by atomic mass is 10.1.